The van der Waals surface area contributed by atoms with Crippen LogP contribution < -0.4 is 0 Å². The van der Waals surface area contributed by atoms with Crippen LogP contribution in [0.2, 0.25) is 0 Å². The van der Waals surface area contributed by atoms with E-state index >= 15 is 0 Å². The number of hydroxylamine groups is 2. The first-order valence-corrected chi connectivity index (χ1v) is 6.46. The summed E-state index contributed by atoms with van der Waals surface area (Å²) in [5, 5.41) is 9.80. The molecule has 18 heavy (non-hydrogen) atoms. The molecule has 0 saturated carbocycles. The zero-order valence-electron chi connectivity index (χ0n) is 10.9. The summed E-state index contributed by atoms with van der Waals surface area (Å²) in [5.41, 5.74) is 0. The van der Waals surface area contributed by atoms with E-state index < -0.39 is 0 Å². The van der Waals surface area contributed by atoms with E-state index in [0.717, 1.165) is 12.8 Å². The number of rotatable bonds is 7. The molecule has 0 radical (unpaired) electrons. The third-order valence-electron chi connectivity index (χ3n) is 3.11. The monoisotopic (exact) mass is 258 g/mol. The minimum atomic E-state index is -0.321. The van der Waals surface area contributed by atoms with Gasteiger partial charge in [0.15, 0.2) is 0 Å². The predicted molar refractivity (Wildman–Crippen MR) is 65.0 cm³/mol. The fourth-order valence-corrected chi connectivity index (χ4v) is 2.05. The normalized spacial score (nSPS) is 17.3. The number of hydrogen-bond donors (Lipinski definition) is 1. The Morgan fingerprint density at radius 2 is 2.17 bits per heavy atom. The number of amides is 2. The van der Waals surface area contributed by atoms with Crippen LogP contribution in [0.1, 0.15) is 26.2 Å². The molecular formula is C12H22N2O4. The average Bonchev–Trinajstić information content (AvgIpc) is 2.43. The molecule has 6 nitrogen and oxygen atoms in total. The van der Waals surface area contributed by atoms with Gasteiger partial charge in [0.1, 0.15) is 0 Å². The third kappa shape index (κ3) is 4.62. The Bertz CT molecular complexity index is 267. The molecule has 1 N–H and O–H groups in total. The van der Waals surface area contributed by atoms with Gasteiger partial charge in [-0.25, -0.2) is 5.06 Å². The van der Waals surface area contributed by atoms with Crippen molar-refractivity contribution >= 4 is 12.3 Å². The Balaban J connectivity index is 2.55. The van der Waals surface area contributed by atoms with E-state index in [9.17, 15) is 14.8 Å². The second-order valence-electron chi connectivity index (χ2n) is 4.50. The minimum Gasteiger partial charge on any atom is -0.378 e. The van der Waals surface area contributed by atoms with Crippen LogP contribution in [0.5, 0.6) is 0 Å². The van der Waals surface area contributed by atoms with Gasteiger partial charge in [-0.05, 0) is 6.42 Å². The summed E-state index contributed by atoms with van der Waals surface area (Å²) in [6, 6.07) is 0. The molecule has 0 aromatic heterocycles. The topological polar surface area (TPSA) is 70.1 Å². The van der Waals surface area contributed by atoms with Crippen LogP contribution in [0.15, 0.2) is 0 Å². The highest BCUT2D eigenvalue weighted by Crippen LogP contribution is 2.14. The lowest BCUT2D eigenvalue weighted by atomic mass is 10.00. The van der Waals surface area contributed by atoms with Crippen molar-refractivity contribution in [1.82, 2.24) is 9.96 Å². The maximum atomic E-state index is 12.3. The molecule has 1 rings (SSSR count). The molecule has 0 aromatic rings. The molecule has 6 heteroatoms. The third-order valence-corrected chi connectivity index (χ3v) is 3.11. The summed E-state index contributed by atoms with van der Waals surface area (Å²) in [6.07, 6.45) is 2.93. The quantitative estimate of drug-likeness (QED) is 0.410. The molecule has 1 fully saturated rings. The first kappa shape index (κ1) is 14.9. The Morgan fingerprint density at radius 1 is 1.50 bits per heavy atom. The first-order chi connectivity index (χ1) is 8.69. The van der Waals surface area contributed by atoms with Crippen molar-refractivity contribution in [3.8, 4) is 0 Å². The van der Waals surface area contributed by atoms with E-state index in [1.54, 1.807) is 4.90 Å². The van der Waals surface area contributed by atoms with Crippen LogP contribution in [0, 0.1) is 5.92 Å². The molecule has 104 valence electrons. The fraction of sp³-hybridized carbons (Fsp3) is 0.833. The lowest BCUT2D eigenvalue weighted by Crippen LogP contribution is -2.46. The Kier molecular flexibility index (Phi) is 6.67. The van der Waals surface area contributed by atoms with E-state index in [1.165, 1.54) is 0 Å². The lowest BCUT2D eigenvalue weighted by molar-refractivity contribution is -0.158. The van der Waals surface area contributed by atoms with Gasteiger partial charge in [-0.2, -0.15) is 0 Å². The maximum absolute atomic E-state index is 12.3. The highest BCUT2D eigenvalue weighted by Gasteiger charge is 2.26. The van der Waals surface area contributed by atoms with Crippen LogP contribution >= 0.6 is 0 Å². The van der Waals surface area contributed by atoms with Gasteiger partial charge in [-0.3, -0.25) is 14.8 Å². The van der Waals surface area contributed by atoms with Gasteiger partial charge >= 0.3 is 0 Å². The van der Waals surface area contributed by atoms with Crippen molar-refractivity contribution in [2.24, 2.45) is 5.92 Å². The van der Waals surface area contributed by atoms with Gasteiger partial charge < -0.3 is 9.64 Å². The number of nitrogens with zero attached hydrogens (tertiary/aromatic N) is 2. The van der Waals surface area contributed by atoms with Crippen LogP contribution in [0.3, 0.4) is 0 Å². The van der Waals surface area contributed by atoms with Crippen LogP contribution in [0.4, 0.5) is 0 Å². The number of hydrogen-bond acceptors (Lipinski definition) is 4. The smallest absolute Gasteiger partial charge is 0.233 e. The molecule has 1 aliphatic heterocycles. The van der Waals surface area contributed by atoms with E-state index in [-0.39, 0.29) is 18.4 Å². The average molecular weight is 258 g/mol. The van der Waals surface area contributed by atoms with Gasteiger partial charge in [-0.1, -0.05) is 19.8 Å². The molecule has 1 heterocycles. The molecular weight excluding hydrogens is 236 g/mol. The number of unbranched alkanes of at least 4 members (excludes halogenated alkanes) is 1. The molecule has 1 aliphatic rings. The summed E-state index contributed by atoms with van der Waals surface area (Å²) < 4.78 is 5.20. The minimum absolute atomic E-state index is 0.00708. The van der Waals surface area contributed by atoms with Crippen LogP contribution in [-0.4, -0.2) is 60.3 Å². The van der Waals surface area contributed by atoms with Crippen LogP contribution in [0.25, 0.3) is 0 Å². The molecule has 1 saturated heterocycles. The van der Waals surface area contributed by atoms with Gasteiger partial charge in [0.05, 0.1) is 25.7 Å². The van der Waals surface area contributed by atoms with E-state index in [2.05, 4.69) is 0 Å². The standard InChI is InChI=1S/C12H22N2O4/c1-2-3-4-11(9-14(17)10-15)12(16)13-5-7-18-8-6-13/h10-11,17H,2-9H2,1H3. The zero-order chi connectivity index (χ0) is 13.4. The number of carbonyl (C=O) groups excluding carboxylic acids is 2. The van der Waals surface area contributed by atoms with Gasteiger partial charge in [0.2, 0.25) is 12.3 Å². The summed E-state index contributed by atoms with van der Waals surface area (Å²) in [7, 11) is 0. The predicted octanol–water partition coefficient (Wildman–Crippen LogP) is 0.499. The van der Waals surface area contributed by atoms with Crippen molar-refractivity contribution < 1.29 is 19.5 Å². The number of morpholine rings is 1. The van der Waals surface area contributed by atoms with Crippen LogP contribution in [-0.2, 0) is 14.3 Å². The van der Waals surface area contributed by atoms with Crippen molar-refractivity contribution in [1.29, 1.82) is 0 Å². The van der Waals surface area contributed by atoms with E-state index in [1.807, 2.05) is 6.92 Å². The van der Waals surface area contributed by atoms with Gasteiger partial charge in [-0.15, -0.1) is 0 Å². The fourth-order valence-electron chi connectivity index (χ4n) is 2.05. The molecule has 1 unspecified atom stereocenters. The molecule has 0 aromatic carbocycles. The van der Waals surface area contributed by atoms with Crippen molar-refractivity contribution in [2.45, 2.75) is 26.2 Å². The largest absolute Gasteiger partial charge is 0.378 e. The van der Waals surface area contributed by atoms with E-state index in [0.29, 0.717) is 44.2 Å². The highest BCUT2D eigenvalue weighted by molar-refractivity contribution is 5.79. The van der Waals surface area contributed by atoms with Crippen molar-refractivity contribution in [3.63, 3.8) is 0 Å². The lowest BCUT2D eigenvalue weighted by Gasteiger charge is -2.31. The van der Waals surface area contributed by atoms with E-state index in [4.69, 9.17) is 4.74 Å². The first-order valence-electron chi connectivity index (χ1n) is 6.46. The molecule has 0 spiro atoms. The highest BCUT2D eigenvalue weighted by atomic mass is 16.5. The SMILES string of the molecule is CCCCC(CN(O)C=O)C(=O)N1CCOCC1. The maximum Gasteiger partial charge on any atom is 0.233 e. The van der Waals surface area contributed by atoms with Gasteiger partial charge in [0, 0.05) is 13.1 Å². The number of carbonyl (C=O) groups is 2. The van der Waals surface area contributed by atoms with Gasteiger partial charge in [0.25, 0.3) is 0 Å². The summed E-state index contributed by atoms with van der Waals surface area (Å²) in [5.74, 6) is -0.314. The molecule has 0 aliphatic carbocycles. The Labute approximate surface area is 107 Å². The molecule has 2 amide bonds. The second kappa shape index (κ2) is 8.05. The molecule has 0 bridgehead atoms. The molecule has 1 atom stereocenters. The summed E-state index contributed by atoms with van der Waals surface area (Å²) >= 11 is 0. The Morgan fingerprint density at radius 3 is 2.72 bits per heavy atom. The zero-order valence-corrected chi connectivity index (χ0v) is 10.9. The summed E-state index contributed by atoms with van der Waals surface area (Å²) in [6.45, 7) is 4.42. The number of ether oxygens (including phenoxy) is 1. The second-order valence-corrected chi connectivity index (χ2v) is 4.50. The Hall–Kier alpha value is -1.14. The van der Waals surface area contributed by atoms with Crippen molar-refractivity contribution in [2.75, 3.05) is 32.8 Å². The van der Waals surface area contributed by atoms with Crippen molar-refractivity contribution in [3.05, 3.63) is 0 Å². The summed E-state index contributed by atoms with van der Waals surface area (Å²) in [4.78, 5) is 24.5.